The molecule has 140 valence electrons. The van der Waals surface area contributed by atoms with Crippen LogP contribution in [0.5, 0.6) is 0 Å². The lowest BCUT2D eigenvalue weighted by atomic mass is 10.0. The van der Waals surface area contributed by atoms with Crippen LogP contribution in [0.3, 0.4) is 0 Å². The van der Waals surface area contributed by atoms with E-state index in [2.05, 4.69) is 51.3 Å². The summed E-state index contributed by atoms with van der Waals surface area (Å²) in [6, 6.07) is 10.5. The van der Waals surface area contributed by atoms with Crippen LogP contribution < -0.4 is 5.32 Å². The third-order valence-electron chi connectivity index (χ3n) is 5.47. The van der Waals surface area contributed by atoms with Crippen molar-refractivity contribution in [1.82, 2.24) is 24.6 Å². The molecule has 1 saturated heterocycles. The number of hydrogen-bond donors (Lipinski definition) is 1. The Bertz CT molecular complexity index is 918. The molecule has 1 atom stereocenters. The van der Waals surface area contributed by atoms with Gasteiger partial charge < -0.3 is 5.32 Å². The third kappa shape index (κ3) is 3.71. The first-order valence-electron chi connectivity index (χ1n) is 9.49. The van der Waals surface area contributed by atoms with Crippen LogP contribution in [0.4, 0.5) is 11.6 Å². The van der Waals surface area contributed by atoms with Gasteiger partial charge in [0.05, 0.1) is 5.69 Å². The Morgan fingerprint density at radius 2 is 1.96 bits per heavy atom. The Morgan fingerprint density at radius 1 is 1.11 bits per heavy atom. The Labute approximate surface area is 160 Å². The third-order valence-corrected chi connectivity index (χ3v) is 5.47. The van der Waals surface area contributed by atoms with Crippen LogP contribution in [0, 0.1) is 13.8 Å². The number of aryl methyl sites for hydroxylation is 2. The van der Waals surface area contributed by atoms with Crippen LogP contribution in [0.15, 0.2) is 42.7 Å². The van der Waals surface area contributed by atoms with Crippen LogP contribution in [0.2, 0.25) is 0 Å². The quantitative estimate of drug-likeness (QED) is 0.746. The number of hydrogen-bond acceptors (Lipinski definition) is 5. The van der Waals surface area contributed by atoms with Gasteiger partial charge in [0.2, 0.25) is 0 Å². The zero-order valence-electron chi connectivity index (χ0n) is 16.2. The number of aromatic nitrogens is 4. The van der Waals surface area contributed by atoms with E-state index in [9.17, 15) is 0 Å². The molecule has 1 unspecified atom stereocenters. The van der Waals surface area contributed by atoms with E-state index in [4.69, 9.17) is 0 Å². The summed E-state index contributed by atoms with van der Waals surface area (Å²) in [5, 5.41) is 7.87. The summed E-state index contributed by atoms with van der Waals surface area (Å²) in [5.74, 6) is 1.65. The van der Waals surface area contributed by atoms with Gasteiger partial charge >= 0.3 is 0 Å². The van der Waals surface area contributed by atoms with Gasteiger partial charge in [-0.3, -0.25) is 9.58 Å². The number of anilines is 2. The van der Waals surface area contributed by atoms with Crippen LogP contribution in [-0.2, 0) is 13.6 Å². The molecule has 1 fully saturated rings. The minimum absolute atomic E-state index is 0.413. The number of nitrogens with one attached hydrogen (secondary N) is 1. The molecule has 1 N–H and O–H groups in total. The van der Waals surface area contributed by atoms with Crippen LogP contribution in [0.25, 0.3) is 0 Å². The molecule has 1 aliphatic rings. The lowest BCUT2D eigenvalue weighted by Gasteiger charge is -2.25. The molecule has 27 heavy (non-hydrogen) atoms. The largest absolute Gasteiger partial charge is 0.325 e. The van der Waals surface area contributed by atoms with Crippen molar-refractivity contribution in [3.8, 4) is 0 Å². The lowest BCUT2D eigenvalue weighted by Crippen LogP contribution is -2.23. The molecule has 1 aliphatic heterocycles. The van der Waals surface area contributed by atoms with Gasteiger partial charge in [0.1, 0.15) is 11.6 Å². The van der Waals surface area contributed by atoms with Gasteiger partial charge in [-0.05, 0) is 63.1 Å². The minimum Gasteiger partial charge on any atom is -0.325 e. The van der Waals surface area contributed by atoms with Gasteiger partial charge in [0.15, 0.2) is 0 Å². The fourth-order valence-electron chi connectivity index (χ4n) is 3.93. The van der Waals surface area contributed by atoms with Crippen molar-refractivity contribution in [2.45, 2.75) is 39.3 Å². The molecule has 6 heteroatoms. The second-order valence-electron chi connectivity index (χ2n) is 7.22. The molecule has 6 nitrogen and oxygen atoms in total. The summed E-state index contributed by atoms with van der Waals surface area (Å²) in [7, 11) is 2.02. The highest BCUT2D eigenvalue weighted by atomic mass is 15.3. The molecule has 0 amide bonds. The second kappa shape index (κ2) is 7.48. The van der Waals surface area contributed by atoms with E-state index in [-0.39, 0.29) is 0 Å². The standard InChI is InChI=1S/C21H26N6/c1-15-18(16(2)26(3)25-15)14-27-12-6-7-19(27)17-9-11-23-21(13-17)24-20-8-4-5-10-22-20/h4-5,8-11,13,19H,6-7,12,14H2,1-3H3,(H,22,23,24). The van der Waals surface area contributed by atoms with Gasteiger partial charge in [-0.2, -0.15) is 5.10 Å². The predicted molar refractivity (Wildman–Crippen MR) is 107 cm³/mol. The molecule has 3 aromatic rings. The molecule has 4 heterocycles. The zero-order chi connectivity index (χ0) is 18.8. The molecule has 0 bridgehead atoms. The topological polar surface area (TPSA) is 58.9 Å². The maximum absolute atomic E-state index is 4.57. The molecule has 0 saturated carbocycles. The van der Waals surface area contributed by atoms with Gasteiger partial charge in [-0.1, -0.05) is 6.07 Å². The van der Waals surface area contributed by atoms with E-state index in [0.29, 0.717) is 6.04 Å². The molecule has 0 radical (unpaired) electrons. The Balaban J connectivity index is 1.54. The monoisotopic (exact) mass is 362 g/mol. The number of pyridine rings is 2. The smallest absolute Gasteiger partial charge is 0.131 e. The van der Waals surface area contributed by atoms with Crippen LogP contribution >= 0.6 is 0 Å². The lowest BCUT2D eigenvalue weighted by molar-refractivity contribution is 0.247. The number of rotatable bonds is 5. The first-order chi connectivity index (χ1) is 13.1. The number of likely N-dealkylation sites (tertiary alicyclic amines) is 1. The van der Waals surface area contributed by atoms with E-state index < -0.39 is 0 Å². The van der Waals surface area contributed by atoms with Crippen molar-refractivity contribution >= 4 is 11.6 Å². The summed E-state index contributed by atoms with van der Waals surface area (Å²) < 4.78 is 1.98. The van der Waals surface area contributed by atoms with E-state index in [1.165, 1.54) is 29.7 Å². The maximum atomic E-state index is 4.57. The first-order valence-corrected chi connectivity index (χ1v) is 9.49. The van der Waals surface area contributed by atoms with Gasteiger partial charge in [0.25, 0.3) is 0 Å². The average molecular weight is 362 g/mol. The Kier molecular flexibility index (Phi) is 4.90. The summed E-state index contributed by atoms with van der Waals surface area (Å²) in [6.07, 6.45) is 6.06. The van der Waals surface area contributed by atoms with E-state index >= 15 is 0 Å². The molecule has 0 aromatic carbocycles. The molecule has 0 spiro atoms. The van der Waals surface area contributed by atoms with Crippen LogP contribution in [0.1, 0.15) is 41.4 Å². The van der Waals surface area contributed by atoms with Crippen molar-refractivity contribution in [2.24, 2.45) is 7.05 Å². The fourth-order valence-corrected chi connectivity index (χ4v) is 3.93. The summed E-state index contributed by atoms with van der Waals surface area (Å²) in [4.78, 5) is 11.4. The molecule has 0 aliphatic carbocycles. The summed E-state index contributed by atoms with van der Waals surface area (Å²) in [5.41, 5.74) is 5.05. The van der Waals surface area contributed by atoms with Crippen molar-refractivity contribution < 1.29 is 0 Å². The molecular formula is C21H26N6. The highest BCUT2D eigenvalue weighted by molar-refractivity contribution is 5.52. The van der Waals surface area contributed by atoms with Gasteiger partial charge in [0, 0.05) is 43.3 Å². The SMILES string of the molecule is Cc1nn(C)c(C)c1CN1CCCC1c1ccnc(Nc2ccccn2)c1. The van der Waals surface area contributed by atoms with Gasteiger partial charge in [-0.25, -0.2) is 9.97 Å². The highest BCUT2D eigenvalue weighted by Crippen LogP contribution is 2.34. The first kappa shape index (κ1) is 17.7. The van der Waals surface area contributed by atoms with Crippen LogP contribution in [-0.4, -0.2) is 31.2 Å². The van der Waals surface area contributed by atoms with Crippen molar-refractivity contribution in [3.63, 3.8) is 0 Å². The summed E-state index contributed by atoms with van der Waals surface area (Å²) in [6.45, 7) is 6.32. The second-order valence-corrected chi connectivity index (χ2v) is 7.22. The summed E-state index contributed by atoms with van der Waals surface area (Å²) >= 11 is 0. The normalized spacial score (nSPS) is 17.4. The van der Waals surface area contributed by atoms with Gasteiger partial charge in [-0.15, -0.1) is 0 Å². The van der Waals surface area contributed by atoms with Crippen molar-refractivity contribution in [1.29, 1.82) is 0 Å². The van der Waals surface area contributed by atoms with Crippen molar-refractivity contribution in [3.05, 3.63) is 65.2 Å². The average Bonchev–Trinajstić information content (AvgIpc) is 3.23. The zero-order valence-corrected chi connectivity index (χ0v) is 16.2. The van der Waals surface area contributed by atoms with E-state index in [1.54, 1.807) is 6.20 Å². The fraction of sp³-hybridized carbons (Fsp3) is 0.381. The van der Waals surface area contributed by atoms with E-state index in [0.717, 1.165) is 30.4 Å². The Hall–Kier alpha value is -2.73. The number of nitrogens with zero attached hydrogens (tertiary/aromatic N) is 5. The maximum Gasteiger partial charge on any atom is 0.131 e. The Morgan fingerprint density at radius 3 is 2.70 bits per heavy atom. The van der Waals surface area contributed by atoms with E-state index in [1.807, 2.05) is 36.1 Å². The highest BCUT2D eigenvalue weighted by Gasteiger charge is 2.27. The van der Waals surface area contributed by atoms with Crippen molar-refractivity contribution in [2.75, 3.05) is 11.9 Å². The molecular weight excluding hydrogens is 336 g/mol. The predicted octanol–water partition coefficient (Wildman–Crippen LogP) is 3.91. The minimum atomic E-state index is 0.413. The molecule has 4 rings (SSSR count). The molecule has 3 aromatic heterocycles.